The molecule has 1 atom stereocenters. The normalized spacial score (nSPS) is 17.6. The van der Waals surface area contributed by atoms with Crippen LogP contribution >= 0.6 is 11.6 Å². The van der Waals surface area contributed by atoms with Gasteiger partial charge in [-0.15, -0.1) is 0 Å². The Morgan fingerprint density at radius 3 is 2.72 bits per heavy atom. The fourth-order valence-corrected chi connectivity index (χ4v) is 2.39. The first-order chi connectivity index (χ1) is 8.54. The summed E-state index contributed by atoms with van der Waals surface area (Å²) < 4.78 is 0. The number of rotatable bonds is 4. The van der Waals surface area contributed by atoms with Crippen LogP contribution in [0.5, 0.6) is 0 Å². The highest BCUT2D eigenvalue weighted by Crippen LogP contribution is 2.36. The van der Waals surface area contributed by atoms with Gasteiger partial charge in [-0.1, -0.05) is 16.8 Å². The van der Waals surface area contributed by atoms with Crippen molar-refractivity contribution in [3.05, 3.63) is 28.8 Å². The molecule has 3 N–H and O–H groups in total. The molecule has 4 nitrogen and oxygen atoms in total. The van der Waals surface area contributed by atoms with Crippen molar-refractivity contribution >= 4 is 23.1 Å². The van der Waals surface area contributed by atoms with E-state index in [0.717, 1.165) is 11.6 Å². The van der Waals surface area contributed by atoms with Gasteiger partial charge in [0.25, 0.3) is 0 Å². The van der Waals surface area contributed by atoms with Crippen molar-refractivity contribution in [1.29, 1.82) is 0 Å². The molecule has 1 saturated carbocycles. The lowest BCUT2D eigenvalue weighted by molar-refractivity contribution is 0.318. The number of benzene rings is 1. The molecule has 5 heteroatoms. The van der Waals surface area contributed by atoms with Crippen LogP contribution in [0.3, 0.4) is 0 Å². The number of nitrogens with two attached hydrogens (primary N) is 1. The van der Waals surface area contributed by atoms with Crippen LogP contribution in [0.2, 0.25) is 5.02 Å². The molecule has 0 amide bonds. The van der Waals surface area contributed by atoms with E-state index in [2.05, 4.69) is 24.0 Å². The largest absolute Gasteiger partial charge is 0.409 e. The van der Waals surface area contributed by atoms with E-state index in [9.17, 15) is 0 Å². The van der Waals surface area contributed by atoms with Crippen LogP contribution in [0.25, 0.3) is 0 Å². The third-order valence-electron chi connectivity index (χ3n) is 3.66. The summed E-state index contributed by atoms with van der Waals surface area (Å²) in [5.41, 5.74) is 7.14. The highest BCUT2D eigenvalue weighted by Gasteiger charge is 2.30. The Kier molecular flexibility index (Phi) is 3.66. The number of halogens is 1. The molecule has 1 aromatic carbocycles. The monoisotopic (exact) mass is 267 g/mol. The molecule has 0 heterocycles. The fourth-order valence-electron chi connectivity index (χ4n) is 2.11. The van der Waals surface area contributed by atoms with Gasteiger partial charge in [0.2, 0.25) is 0 Å². The van der Waals surface area contributed by atoms with E-state index in [1.165, 1.54) is 12.8 Å². The summed E-state index contributed by atoms with van der Waals surface area (Å²) in [4.78, 5) is 2.22. The average Bonchev–Trinajstić information content (AvgIpc) is 3.20. The summed E-state index contributed by atoms with van der Waals surface area (Å²) in [6.45, 7) is 2.23. The number of oxime groups is 1. The quantitative estimate of drug-likeness (QED) is 0.382. The summed E-state index contributed by atoms with van der Waals surface area (Å²) in [5.74, 6) is 0.821. The van der Waals surface area contributed by atoms with Crippen molar-refractivity contribution in [3.63, 3.8) is 0 Å². The van der Waals surface area contributed by atoms with E-state index in [1.807, 2.05) is 12.1 Å². The number of hydrogen-bond acceptors (Lipinski definition) is 3. The van der Waals surface area contributed by atoms with E-state index in [-0.39, 0.29) is 5.84 Å². The summed E-state index contributed by atoms with van der Waals surface area (Å²) >= 11 is 6.15. The molecular weight excluding hydrogens is 250 g/mol. The molecule has 0 radical (unpaired) electrons. The molecule has 1 fully saturated rings. The van der Waals surface area contributed by atoms with Crippen LogP contribution in [0.1, 0.15) is 25.3 Å². The first-order valence-electron chi connectivity index (χ1n) is 6.05. The lowest BCUT2D eigenvalue weighted by atomic mass is 10.1. The predicted octanol–water partition coefficient (Wildman–Crippen LogP) is 2.67. The number of hydrogen-bond donors (Lipinski definition) is 2. The first-order valence-corrected chi connectivity index (χ1v) is 6.42. The molecule has 98 valence electrons. The van der Waals surface area contributed by atoms with E-state index in [0.29, 0.717) is 16.6 Å². The van der Waals surface area contributed by atoms with Crippen LogP contribution < -0.4 is 10.6 Å². The van der Waals surface area contributed by atoms with E-state index < -0.39 is 0 Å². The van der Waals surface area contributed by atoms with Gasteiger partial charge in [-0.05, 0) is 43.9 Å². The van der Waals surface area contributed by atoms with Crippen LogP contribution in [-0.4, -0.2) is 24.1 Å². The van der Waals surface area contributed by atoms with Crippen LogP contribution in [0, 0.1) is 5.92 Å². The van der Waals surface area contributed by atoms with Gasteiger partial charge in [0.1, 0.15) is 0 Å². The fraction of sp³-hybridized carbons (Fsp3) is 0.462. The van der Waals surface area contributed by atoms with Crippen molar-refractivity contribution in [2.75, 3.05) is 11.9 Å². The zero-order valence-corrected chi connectivity index (χ0v) is 11.4. The van der Waals surface area contributed by atoms with Gasteiger partial charge in [0, 0.05) is 24.3 Å². The van der Waals surface area contributed by atoms with Gasteiger partial charge in [-0.25, -0.2) is 0 Å². The molecule has 0 spiro atoms. The third-order valence-corrected chi connectivity index (χ3v) is 3.97. The minimum atomic E-state index is 0.0319. The van der Waals surface area contributed by atoms with Crippen molar-refractivity contribution < 1.29 is 5.21 Å². The molecular formula is C13H18ClN3O. The second-order valence-corrected chi connectivity index (χ2v) is 5.25. The number of amidine groups is 1. The molecule has 2 rings (SSSR count). The Balaban J connectivity index is 2.22. The Labute approximate surface area is 112 Å². The molecule has 1 aliphatic rings. The Morgan fingerprint density at radius 1 is 1.56 bits per heavy atom. The maximum Gasteiger partial charge on any atom is 0.171 e. The lowest BCUT2D eigenvalue weighted by Crippen LogP contribution is -2.30. The molecule has 1 aliphatic carbocycles. The SMILES string of the molecule is CC(C1CC1)N(C)c1ccc(C(N)=NO)c(Cl)c1. The van der Waals surface area contributed by atoms with Crippen LogP contribution in [0.15, 0.2) is 23.4 Å². The topological polar surface area (TPSA) is 61.8 Å². The van der Waals surface area contributed by atoms with Gasteiger partial charge in [-0.2, -0.15) is 0 Å². The molecule has 0 aliphatic heterocycles. The van der Waals surface area contributed by atoms with E-state index in [4.69, 9.17) is 22.5 Å². The van der Waals surface area contributed by atoms with Gasteiger partial charge >= 0.3 is 0 Å². The van der Waals surface area contributed by atoms with E-state index in [1.54, 1.807) is 6.07 Å². The predicted molar refractivity (Wildman–Crippen MR) is 74.6 cm³/mol. The smallest absolute Gasteiger partial charge is 0.171 e. The lowest BCUT2D eigenvalue weighted by Gasteiger charge is -2.27. The standard InChI is InChI=1S/C13H18ClN3O/c1-8(9-3-4-9)17(2)10-5-6-11(12(14)7-10)13(15)16-18/h5-9,18H,3-4H2,1-2H3,(H2,15,16). The molecule has 0 bridgehead atoms. The van der Waals surface area contributed by atoms with Crippen molar-refractivity contribution in [2.24, 2.45) is 16.8 Å². The Morgan fingerprint density at radius 2 is 2.22 bits per heavy atom. The van der Waals surface area contributed by atoms with E-state index >= 15 is 0 Å². The van der Waals surface area contributed by atoms with Crippen molar-refractivity contribution in [3.8, 4) is 0 Å². The van der Waals surface area contributed by atoms with Gasteiger partial charge in [0.05, 0.1) is 5.02 Å². The molecule has 18 heavy (non-hydrogen) atoms. The maximum atomic E-state index is 8.65. The molecule has 1 unspecified atom stereocenters. The second-order valence-electron chi connectivity index (χ2n) is 4.84. The Hall–Kier alpha value is -1.42. The minimum Gasteiger partial charge on any atom is -0.409 e. The molecule has 1 aromatic rings. The van der Waals surface area contributed by atoms with Crippen molar-refractivity contribution in [1.82, 2.24) is 0 Å². The number of anilines is 1. The summed E-state index contributed by atoms with van der Waals surface area (Å²) in [5, 5.41) is 12.1. The third kappa shape index (κ3) is 2.53. The van der Waals surface area contributed by atoms with Crippen LogP contribution in [-0.2, 0) is 0 Å². The minimum absolute atomic E-state index is 0.0319. The van der Waals surface area contributed by atoms with Gasteiger partial charge < -0.3 is 15.8 Å². The zero-order valence-electron chi connectivity index (χ0n) is 10.6. The summed E-state index contributed by atoms with van der Waals surface area (Å²) in [7, 11) is 2.07. The maximum absolute atomic E-state index is 8.65. The highest BCUT2D eigenvalue weighted by atomic mass is 35.5. The average molecular weight is 268 g/mol. The second kappa shape index (κ2) is 5.06. The van der Waals surface area contributed by atoms with Gasteiger partial charge in [0.15, 0.2) is 5.84 Å². The zero-order chi connectivity index (χ0) is 13.3. The van der Waals surface area contributed by atoms with Gasteiger partial charge in [-0.3, -0.25) is 0 Å². The molecule has 0 aromatic heterocycles. The number of nitrogens with zero attached hydrogens (tertiary/aromatic N) is 2. The summed E-state index contributed by atoms with van der Waals surface area (Å²) in [6, 6.07) is 6.09. The highest BCUT2D eigenvalue weighted by molar-refractivity contribution is 6.34. The molecule has 0 saturated heterocycles. The first kappa shape index (κ1) is 13.0. The Bertz CT molecular complexity index is 471. The summed E-state index contributed by atoms with van der Waals surface area (Å²) in [6.07, 6.45) is 2.61. The van der Waals surface area contributed by atoms with Crippen LogP contribution in [0.4, 0.5) is 5.69 Å². The van der Waals surface area contributed by atoms with Crippen molar-refractivity contribution in [2.45, 2.75) is 25.8 Å².